The Morgan fingerprint density at radius 2 is 2.05 bits per heavy atom. The first-order valence-corrected chi connectivity index (χ1v) is 6.25. The maximum atomic E-state index is 13.0. The predicted octanol–water partition coefficient (Wildman–Crippen LogP) is 3.87. The SMILES string of the molecule is O=C(O)c1ccc(COc2cccc(F)c2)c(Br)c1. The van der Waals surface area contributed by atoms with Crippen LogP contribution in [-0.4, -0.2) is 11.1 Å². The standard InChI is InChI=1S/C14H10BrFO3/c15-13-6-9(14(17)18)4-5-10(13)8-19-12-3-1-2-11(16)7-12/h1-7H,8H2,(H,17,18). The van der Waals surface area contributed by atoms with Gasteiger partial charge in [-0.15, -0.1) is 0 Å². The number of carbonyl (C=O) groups is 1. The van der Waals surface area contributed by atoms with E-state index < -0.39 is 5.97 Å². The number of hydrogen-bond acceptors (Lipinski definition) is 2. The molecule has 0 heterocycles. The monoisotopic (exact) mass is 324 g/mol. The Morgan fingerprint density at radius 1 is 1.26 bits per heavy atom. The van der Waals surface area contributed by atoms with E-state index in [0.29, 0.717) is 10.2 Å². The van der Waals surface area contributed by atoms with E-state index in [4.69, 9.17) is 9.84 Å². The second-order valence-electron chi connectivity index (χ2n) is 3.86. The van der Waals surface area contributed by atoms with Gasteiger partial charge in [0.15, 0.2) is 0 Å². The maximum absolute atomic E-state index is 13.0. The maximum Gasteiger partial charge on any atom is 0.335 e. The molecule has 98 valence electrons. The molecule has 5 heteroatoms. The fourth-order valence-corrected chi connectivity index (χ4v) is 2.01. The molecule has 0 fully saturated rings. The molecule has 2 rings (SSSR count). The van der Waals surface area contributed by atoms with Gasteiger partial charge in [-0.05, 0) is 24.3 Å². The number of rotatable bonds is 4. The van der Waals surface area contributed by atoms with Gasteiger partial charge < -0.3 is 9.84 Å². The van der Waals surface area contributed by atoms with Gasteiger partial charge in [-0.3, -0.25) is 0 Å². The van der Waals surface area contributed by atoms with Crippen LogP contribution in [0.5, 0.6) is 5.75 Å². The molecule has 0 spiro atoms. The lowest BCUT2D eigenvalue weighted by atomic mass is 10.1. The molecule has 2 aromatic carbocycles. The normalized spacial score (nSPS) is 10.2. The minimum atomic E-state index is -0.988. The van der Waals surface area contributed by atoms with Crippen molar-refractivity contribution in [3.05, 3.63) is 63.9 Å². The summed E-state index contributed by atoms with van der Waals surface area (Å²) in [5.74, 6) is -0.926. The number of carboxylic acid groups (broad SMARTS) is 1. The lowest BCUT2D eigenvalue weighted by Crippen LogP contribution is -2.00. The summed E-state index contributed by atoms with van der Waals surface area (Å²) in [6.07, 6.45) is 0. The molecule has 0 radical (unpaired) electrons. The van der Waals surface area contributed by atoms with Gasteiger partial charge in [-0.25, -0.2) is 9.18 Å². The van der Waals surface area contributed by atoms with Gasteiger partial charge in [0.25, 0.3) is 0 Å². The van der Waals surface area contributed by atoms with E-state index in [0.717, 1.165) is 5.56 Å². The molecular formula is C14H10BrFO3. The molecule has 2 aromatic rings. The highest BCUT2D eigenvalue weighted by atomic mass is 79.9. The second kappa shape index (κ2) is 5.84. The van der Waals surface area contributed by atoms with Crippen LogP contribution < -0.4 is 4.74 Å². The van der Waals surface area contributed by atoms with Gasteiger partial charge in [-0.1, -0.05) is 28.1 Å². The highest BCUT2D eigenvalue weighted by Crippen LogP contribution is 2.21. The van der Waals surface area contributed by atoms with E-state index in [1.807, 2.05) is 0 Å². The highest BCUT2D eigenvalue weighted by Gasteiger charge is 2.07. The van der Waals surface area contributed by atoms with Crippen molar-refractivity contribution >= 4 is 21.9 Å². The largest absolute Gasteiger partial charge is 0.489 e. The van der Waals surface area contributed by atoms with Crippen LogP contribution in [-0.2, 0) is 6.61 Å². The lowest BCUT2D eigenvalue weighted by Gasteiger charge is -2.08. The molecular weight excluding hydrogens is 315 g/mol. The first-order valence-electron chi connectivity index (χ1n) is 5.46. The van der Waals surface area contributed by atoms with Gasteiger partial charge in [-0.2, -0.15) is 0 Å². The fraction of sp³-hybridized carbons (Fsp3) is 0.0714. The molecule has 1 N–H and O–H groups in total. The van der Waals surface area contributed by atoms with Crippen LogP contribution in [0.3, 0.4) is 0 Å². The minimum absolute atomic E-state index is 0.196. The average Bonchev–Trinajstić information content (AvgIpc) is 2.37. The number of benzene rings is 2. The molecule has 3 nitrogen and oxygen atoms in total. The van der Waals surface area contributed by atoms with Crippen LogP contribution in [0, 0.1) is 5.82 Å². The lowest BCUT2D eigenvalue weighted by molar-refractivity contribution is 0.0696. The van der Waals surface area contributed by atoms with Crippen molar-refractivity contribution < 1.29 is 19.0 Å². The van der Waals surface area contributed by atoms with Gasteiger partial charge in [0.2, 0.25) is 0 Å². The van der Waals surface area contributed by atoms with Crippen molar-refractivity contribution in [1.29, 1.82) is 0 Å². The van der Waals surface area contributed by atoms with Crippen molar-refractivity contribution in [3.8, 4) is 5.75 Å². The van der Waals surface area contributed by atoms with Crippen molar-refractivity contribution in [2.75, 3.05) is 0 Å². The quantitative estimate of drug-likeness (QED) is 0.928. The molecule has 0 bridgehead atoms. The first-order chi connectivity index (χ1) is 9.06. The number of halogens is 2. The molecule has 19 heavy (non-hydrogen) atoms. The predicted molar refractivity (Wildman–Crippen MR) is 71.8 cm³/mol. The third-order valence-corrected chi connectivity index (χ3v) is 3.23. The number of carboxylic acids is 1. The van der Waals surface area contributed by atoms with Gasteiger partial charge in [0.1, 0.15) is 18.2 Å². The fourth-order valence-electron chi connectivity index (χ4n) is 1.52. The third-order valence-electron chi connectivity index (χ3n) is 2.49. The molecule has 0 aliphatic rings. The number of ether oxygens (including phenoxy) is 1. The highest BCUT2D eigenvalue weighted by molar-refractivity contribution is 9.10. The van der Waals surface area contributed by atoms with Crippen molar-refractivity contribution in [2.45, 2.75) is 6.61 Å². The Kier molecular flexibility index (Phi) is 4.16. The van der Waals surface area contributed by atoms with Gasteiger partial charge in [0.05, 0.1) is 5.56 Å². The molecule has 0 aromatic heterocycles. The summed E-state index contributed by atoms with van der Waals surface area (Å²) in [4.78, 5) is 10.8. The van der Waals surface area contributed by atoms with Crippen LogP contribution in [0.4, 0.5) is 4.39 Å². The van der Waals surface area contributed by atoms with E-state index in [9.17, 15) is 9.18 Å². The van der Waals surface area contributed by atoms with E-state index in [1.54, 1.807) is 18.2 Å². The van der Waals surface area contributed by atoms with Gasteiger partial charge >= 0.3 is 5.97 Å². The van der Waals surface area contributed by atoms with Crippen LogP contribution in [0.15, 0.2) is 46.9 Å². The van der Waals surface area contributed by atoms with Crippen LogP contribution in [0.2, 0.25) is 0 Å². The van der Waals surface area contributed by atoms with Crippen LogP contribution >= 0.6 is 15.9 Å². The Morgan fingerprint density at radius 3 is 2.68 bits per heavy atom. The molecule has 0 aliphatic heterocycles. The molecule has 0 atom stereocenters. The summed E-state index contributed by atoms with van der Waals surface area (Å²) in [5.41, 5.74) is 0.982. The first kappa shape index (κ1) is 13.5. The van der Waals surface area contributed by atoms with Crippen LogP contribution in [0.25, 0.3) is 0 Å². The van der Waals surface area contributed by atoms with E-state index in [1.165, 1.54) is 24.3 Å². The molecule has 0 saturated carbocycles. The van der Waals surface area contributed by atoms with E-state index in [-0.39, 0.29) is 18.0 Å². The zero-order chi connectivity index (χ0) is 13.8. The average molecular weight is 325 g/mol. The summed E-state index contributed by atoms with van der Waals surface area (Å²) in [6, 6.07) is 10.5. The topological polar surface area (TPSA) is 46.5 Å². The zero-order valence-electron chi connectivity index (χ0n) is 9.77. The Balaban J connectivity index is 2.10. The summed E-state index contributed by atoms with van der Waals surface area (Å²) in [5, 5.41) is 8.84. The second-order valence-corrected chi connectivity index (χ2v) is 4.71. The summed E-state index contributed by atoms with van der Waals surface area (Å²) < 4.78 is 19.0. The van der Waals surface area contributed by atoms with Crippen molar-refractivity contribution in [3.63, 3.8) is 0 Å². The summed E-state index contributed by atoms with van der Waals surface area (Å²) in [6.45, 7) is 0.226. The van der Waals surface area contributed by atoms with Gasteiger partial charge in [0, 0.05) is 16.1 Å². The summed E-state index contributed by atoms with van der Waals surface area (Å²) in [7, 11) is 0. The number of aromatic carboxylic acids is 1. The molecule has 0 saturated heterocycles. The molecule has 0 aliphatic carbocycles. The Labute approximate surface area is 117 Å². The van der Waals surface area contributed by atoms with E-state index in [2.05, 4.69) is 15.9 Å². The smallest absolute Gasteiger partial charge is 0.335 e. The summed E-state index contributed by atoms with van der Waals surface area (Å²) >= 11 is 3.29. The molecule has 0 amide bonds. The van der Waals surface area contributed by atoms with Crippen molar-refractivity contribution in [2.24, 2.45) is 0 Å². The van der Waals surface area contributed by atoms with Crippen molar-refractivity contribution in [1.82, 2.24) is 0 Å². The minimum Gasteiger partial charge on any atom is -0.489 e. The Hall–Kier alpha value is -1.88. The third kappa shape index (κ3) is 3.54. The van der Waals surface area contributed by atoms with E-state index >= 15 is 0 Å². The molecule has 0 unspecified atom stereocenters. The van der Waals surface area contributed by atoms with Crippen LogP contribution in [0.1, 0.15) is 15.9 Å². The zero-order valence-corrected chi connectivity index (χ0v) is 11.4. The number of hydrogen-bond donors (Lipinski definition) is 1. The Bertz CT molecular complexity index is 613.